The maximum Gasteiger partial charge on any atom is 0.416 e. The van der Waals surface area contributed by atoms with Gasteiger partial charge in [0.1, 0.15) is 5.41 Å². The Kier molecular flexibility index (Phi) is 3.66. The minimum Gasteiger partial charge on any atom is -0.468 e. The van der Waals surface area contributed by atoms with Crippen LogP contribution in [0, 0.1) is 0 Å². The van der Waals surface area contributed by atoms with Crippen molar-refractivity contribution in [1.29, 1.82) is 0 Å². The second kappa shape index (κ2) is 5.41. The second-order valence-corrected chi connectivity index (χ2v) is 5.71. The van der Waals surface area contributed by atoms with Gasteiger partial charge in [-0.25, -0.2) is 0 Å². The Bertz CT molecular complexity index is 707. The van der Waals surface area contributed by atoms with Crippen molar-refractivity contribution in [2.24, 2.45) is 0 Å². The summed E-state index contributed by atoms with van der Waals surface area (Å²) in [6, 6.07) is 14.2. The molecule has 0 aromatic heterocycles. The third-order valence-electron chi connectivity index (χ3n) is 4.44. The van der Waals surface area contributed by atoms with Crippen LogP contribution >= 0.6 is 0 Å². The van der Waals surface area contributed by atoms with Crippen molar-refractivity contribution in [2.75, 3.05) is 7.11 Å². The molecule has 2 aromatic rings. The molecule has 0 bridgehead atoms. The fraction of sp³-hybridized carbons (Fsp3) is 0.278. The van der Waals surface area contributed by atoms with Gasteiger partial charge in [-0.3, -0.25) is 4.79 Å². The molecule has 2 aromatic carbocycles. The largest absolute Gasteiger partial charge is 0.468 e. The lowest BCUT2D eigenvalue weighted by atomic mass is 9.90. The van der Waals surface area contributed by atoms with Crippen LogP contribution in [0.5, 0.6) is 0 Å². The fourth-order valence-corrected chi connectivity index (χ4v) is 3.15. The average Bonchev–Trinajstić information content (AvgIpc) is 3.31. The lowest BCUT2D eigenvalue weighted by molar-refractivity contribution is -0.144. The van der Waals surface area contributed by atoms with Gasteiger partial charge in [0.2, 0.25) is 0 Å². The Labute approximate surface area is 131 Å². The first-order valence-electron chi connectivity index (χ1n) is 7.20. The summed E-state index contributed by atoms with van der Waals surface area (Å²) in [5.74, 6) is -0.520. The van der Waals surface area contributed by atoms with Crippen LogP contribution in [0.1, 0.15) is 29.0 Å². The number of halogens is 3. The highest BCUT2D eigenvalue weighted by molar-refractivity contribution is 5.89. The van der Waals surface area contributed by atoms with E-state index in [4.69, 9.17) is 4.74 Å². The molecular weight excluding hydrogens is 305 g/mol. The minimum absolute atomic E-state index is 0.167. The van der Waals surface area contributed by atoms with Crippen LogP contribution in [0.3, 0.4) is 0 Å². The van der Waals surface area contributed by atoms with E-state index in [1.54, 1.807) is 0 Å². The first kappa shape index (κ1) is 15.6. The number of carbonyl (C=O) groups is 1. The third-order valence-corrected chi connectivity index (χ3v) is 4.44. The van der Waals surface area contributed by atoms with Crippen LogP contribution in [-0.2, 0) is 21.1 Å². The molecule has 1 aliphatic carbocycles. The maximum atomic E-state index is 12.7. The number of carbonyl (C=O) groups excluding carboxylic acids is 1. The number of methoxy groups -OCH3 is 1. The van der Waals surface area contributed by atoms with E-state index in [0.29, 0.717) is 12.0 Å². The van der Waals surface area contributed by atoms with E-state index in [9.17, 15) is 18.0 Å². The van der Waals surface area contributed by atoms with Crippen LogP contribution in [0.2, 0.25) is 0 Å². The van der Waals surface area contributed by atoms with E-state index in [-0.39, 0.29) is 11.9 Å². The second-order valence-electron chi connectivity index (χ2n) is 5.71. The van der Waals surface area contributed by atoms with E-state index < -0.39 is 17.2 Å². The van der Waals surface area contributed by atoms with Crippen LogP contribution in [-0.4, -0.2) is 13.1 Å². The molecule has 0 unspecified atom stereocenters. The number of alkyl halides is 3. The molecule has 0 amide bonds. The molecule has 1 saturated carbocycles. The molecule has 5 heteroatoms. The average molecular weight is 320 g/mol. The highest BCUT2D eigenvalue weighted by Crippen LogP contribution is 2.61. The van der Waals surface area contributed by atoms with Gasteiger partial charge < -0.3 is 4.74 Å². The Balaban J connectivity index is 1.94. The molecular formula is C18H15F3O2. The summed E-state index contributed by atoms with van der Waals surface area (Å²) in [4.78, 5) is 12.3. The van der Waals surface area contributed by atoms with Crippen molar-refractivity contribution in [3.05, 3.63) is 71.3 Å². The molecule has 0 heterocycles. The van der Waals surface area contributed by atoms with Crippen molar-refractivity contribution in [3.63, 3.8) is 0 Å². The number of rotatable bonds is 3. The summed E-state index contributed by atoms with van der Waals surface area (Å²) in [5, 5.41) is 0. The zero-order valence-electron chi connectivity index (χ0n) is 12.4. The minimum atomic E-state index is -4.36. The maximum absolute atomic E-state index is 12.7. The normalized spacial score (nSPS) is 23.4. The molecule has 23 heavy (non-hydrogen) atoms. The topological polar surface area (TPSA) is 26.3 Å². The van der Waals surface area contributed by atoms with Crippen molar-refractivity contribution in [3.8, 4) is 0 Å². The third kappa shape index (κ3) is 2.60. The fourth-order valence-electron chi connectivity index (χ4n) is 3.15. The predicted octanol–water partition coefficient (Wildman–Crippen LogP) is 4.30. The van der Waals surface area contributed by atoms with E-state index in [1.165, 1.54) is 19.2 Å². The lowest BCUT2D eigenvalue weighted by Gasteiger charge is -2.16. The monoisotopic (exact) mass is 320 g/mol. The molecule has 120 valence electrons. The zero-order valence-corrected chi connectivity index (χ0v) is 12.4. The number of hydrogen-bond donors (Lipinski definition) is 0. The van der Waals surface area contributed by atoms with Gasteiger partial charge in [-0.2, -0.15) is 13.2 Å². The first-order chi connectivity index (χ1) is 10.9. The van der Waals surface area contributed by atoms with Crippen molar-refractivity contribution in [1.82, 2.24) is 0 Å². The lowest BCUT2D eigenvalue weighted by Crippen LogP contribution is -2.24. The first-order valence-corrected chi connectivity index (χ1v) is 7.20. The number of hydrogen-bond acceptors (Lipinski definition) is 2. The summed E-state index contributed by atoms with van der Waals surface area (Å²) >= 11 is 0. The van der Waals surface area contributed by atoms with Crippen LogP contribution in [0.4, 0.5) is 13.2 Å². The van der Waals surface area contributed by atoms with Gasteiger partial charge in [0.15, 0.2) is 0 Å². The molecule has 1 fully saturated rings. The van der Waals surface area contributed by atoms with E-state index >= 15 is 0 Å². The highest BCUT2D eigenvalue weighted by Gasteiger charge is 2.62. The van der Waals surface area contributed by atoms with E-state index in [2.05, 4.69) is 0 Å². The van der Waals surface area contributed by atoms with Crippen molar-refractivity contribution < 1.29 is 22.7 Å². The molecule has 3 rings (SSSR count). The predicted molar refractivity (Wildman–Crippen MR) is 78.9 cm³/mol. The summed E-state index contributed by atoms with van der Waals surface area (Å²) < 4.78 is 42.9. The summed E-state index contributed by atoms with van der Waals surface area (Å²) in [6.07, 6.45) is -3.82. The molecule has 0 radical (unpaired) electrons. The van der Waals surface area contributed by atoms with E-state index in [1.807, 2.05) is 30.3 Å². The highest BCUT2D eigenvalue weighted by atomic mass is 19.4. The van der Waals surface area contributed by atoms with Gasteiger partial charge in [0.25, 0.3) is 0 Å². The van der Waals surface area contributed by atoms with Gasteiger partial charge in [0.05, 0.1) is 12.7 Å². The van der Waals surface area contributed by atoms with Crippen molar-refractivity contribution >= 4 is 5.97 Å². The van der Waals surface area contributed by atoms with E-state index in [0.717, 1.165) is 17.7 Å². The van der Waals surface area contributed by atoms with Crippen LogP contribution in [0.15, 0.2) is 54.6 Å². The molecule has 0 aliphatic heterocycles. The van der Waals surface area contributed by atoms with Gasteiger partial charge >= 0.3 is 12.1 Å². The SMILES string of the molecule is COC(=O)[C@@]1(c2ccccc2)C[C@@H]1c1ccc(C(F)(F)F)cc1. The van der Waals surface area contributed by atoms with Gasteiger partial charge in [-0.1, -0.05) is 42.5 Å². The van der Waals surface area contributed by atoms with Crippen LogP contribution in [0.25, 0.3) is 0 Å². The zero-order chi connectivity index (χ0) is 16.7. The molecule has 1 aliphatic rings. The standard InChI is InChI=1S/C18H15F3O2/c1-23-16(22)17(13-5-3-2-4-6-13)11-15(17)12-7-9-14(10-8-12)18(19,20)21/h2-10,15H,11H2,1H3/t15-,17-/m1/s1. The summed E-state index contributed by atoms with van der Waals surface area (Å²) in [5.41, 5.74) is 0.0599. The number of ether oxygens (including phenoxy) is 1. The molecule has 2 nitrogen and oxygen atoms in total. The molecule has 2 atom stereocenters. The van der Waals surface area contributed by atoms with Crippen LogP contribution < -0.4 is 0 Å². The summed E-state index contributed by atoms with van der Waals surface area (Å²) in [6.45, 7) is 0. The number of esters is 1. The molecule has 0 spiro atoms. The van der Waals surface area contributed by atoms with Gasteiger partial charge in [0, 0.05) is 5.92 Å². The Hall–Kier alpha value is -2.30. The Morgan fingerprint density at radius 3 is 2.22 bits per heavy atom. The molecule has 0 N–H and O–H groups in total. The Morgan fingerprint density at radius 2 is 1.70 bits per heavy atom. The Morgan fingerprint density at radius 1 is 1.09 bits per heavy atom. The summed E-state index contributed by atoms with van der Waals surface area (Å²) in [7, 11) is 1.33. The molecule has 0 saturated heterocycles. The van der Waals surface area contributed by atoms with Gasteiger partial charge in [-0.05, 0) is 29.7 Å². The van der Waals surface area contributed by atoms with Crippen molar-refractivity contribution in [2.45, 2.75) is 23.9 Å². The quantitative estimate of drug-likeness (QED) is 0.788. The number of benzene rings is 2. The smallest absolute Gasteiger partial charge is 0.416 e. The van der Waals surface area contributed by atoms with Gasteiger partial charge in [-0.15, -0.1) is 0 Å².